The molecule has 2 amide bonds. The molecule has 0 saturated heterocycles. The third-order valence-electron chi connectivity index (χ3n) is 2.72. The molecule has 5 nitrogen and oxygen atoms in total. The predicted molar refractivity (Wildman–Crippen MR) is 72.9 cm³/mol. The lowest BCUT2D eigenvalue weighted by atomic mass is 10.1. The van der Waals surface area contributed by atoms with Crippen LogP contribution in [0.2, 0.25) is 0 Å². The van der Waals surface area contributed by atoms with Gasteiger partial charge < -0.3 is 15.7 Å². The number of unbranched alkanes of at least 4 members (excludes halogenated alkanes) is 2. The Labute approximate surface area is 113 Å². The summed E-state index contributed by atoms with van der Waals surface area (Å²) in [6, 6.07) is 7.16. The minimum absolute atomic E-state index is 0.452. The van der Waals surface area contributed by atoms with E-state index < -0.39 is 18.0 Å². The zero-order valence-electron chi connectivity index (χ0n) is 11.1. The third kappa shape index (κ3) is 5.42. The number of rotatable bonds is 7. The van der Waals surface area contributed by atoms with Crippen molar-refractivity contribution < 1.29 is 14.7 Å². The molecule has 0 radical (unpaired) electrons. The molecule has 0 aliphatic carbocycles. The molecule has 0 saturated carbocycles. The first kappa shape index (κ1) is 15.0. The summed E-state index contributed by atoms with van der Waals surface area (Å²) in [5.41, 5.74) is 0.554. The first-order chi connectivity index (χ1) is 9.15. The number of nitrogens with one attached hydrogen (secondary N) is 2. The second-order valence-electron chi connectivity index (χ2n) is 4.29. The van der Waals surface area contributed by atoms with Crippen molar-refractivity contribution in [3.63, 3.8) is 0 Å². The molecule has 1 aromatic rings. The Morgan fingerprint density at radius 1 is 1.21 bits per heavy atom. The Balaban J connectivity index is 2.51. The number of hydrogen-bond donors (Lipinski definition) is 3. The van der Waals surface area contributed by atoms with E-state index in [1.807, 2.05) is 0 Å². The summed E-state index contributed by atoms with van der Waals surface area (Å²) in [6.45, 7) is 2.64. The van der Waals surface area contributed by atoms with Crippen molar-refractivity contribution >= 4 is 12.0 Å². The van der Waals surface area contributed by atoms with Crippen molar-refractivity contribution in [2.45, 2.75) is 32.2 Å². The Morgan fingerprint density at radius 3 is 2.47 bits per heavy atom. The summed E-state index contributed by atoms with van der Waals surface area (Å²) in [5.74, 6) is -1.07. The third-order valence-corrected chi connectivity index (χ3v) is 2.72. The molecule has 0 bridgehead atoms. The van der Waals surface area contributed by atoms with E-state index in [1.54, 1.807) is 30.3 Å². The van der Waals surface area contributed by atoms with Gasteiger partial charge in [0.2, 0.25) is 0 Å². The quantitative estimate of drug-likeness (QED) is 0.661. The van der Waals surface area contributed by atoms with Crippen LogP contribution in [-0.2, 0) is 4.79 Å². The minimum atomic E-state index is -1.07. The van der Waals surface area contributed by atoms with Gasteiger partial charge in [0.05, 0.1) is 0 Å². The molecular weight excluding hydrogens is 244 g/mol. The molecule has 0 spiro atoms. The number of carboxylic acids is 1. The zero-order chi connectivity index (χ0) is 14.1. The zero-order valence-corrected chi connectivity index (χ0v) is 11.1. The fourth-order valence-electron chi connectivity index (χ4n) is 1.69. The van der Waals surface area contributed by atoms with E-state index in [2.05, 4.69) is 17.6 Å². The number of carbonyl (C=O) groups excluding carboxylic acids is 1. The van der Waals surface area contributed by atoms with Crippen molar-refractivity contribution in [3.05, 3.63) is 35.9 Å². The number of aliphatic carboxylic acids is 1. The van der Waals surface area contributed by atoms with Crippen molar-refractivity contribution in [2.24, 2.45) is 0 Å². The predicted octanol–water partition coefficient (Wildman–Crippen LogP) is 2.30. The average Bonchev–Trinajstić information content (AvgIpc) is 2.41. The Kier molecular flexibility index (Phi) is 6.43. The summed E-state index contributed by atoms with van der Waals surface area (Å²) in [5, 5.41) is 14.3. The number of carbonyl (C=O) groups is 2. The van der Waals surface area contributed by atoms with Gasteiger partial charge in [0.15, 0.2) is 6.04 Å². The number of urea groups is 1. The van der Waals surface area contributed by atoms with Crippen LogP contribution in [0.5, 0.6) is 0 Å². The molecule has 0 unspecified atom stereocenters. The highest BCUT2D eigenvalue weighted by atomic mass is 16.4. The van der Waals surface area contributed by atoms with Gasteiger partial charge in [-0.2, -0.15) is 0 Å². The van der Waals surface area contributed by atoms with Crippen LogP contribution >= 0.6 is 0 Å². The number of carboxylic acid groups (broad SMARTS) is 1. The van der Waals surface area contributed by atoms with Crippen LogP contribution < -0.4 is 10.6 Å². The largest absolute Gasteiger partial charge is 0.479 e. The van der Waals surface area contributed by atoms with Gasteiger partial charge in [-0.05, 0) is 12.0 Å². The van der Waals surface area contributed by atoms with Crippen LogP contribution in [-0.4, -0.2) is 23.7 Å². The summed E-state index contributed by atoms with van der Waals surface area (Å²) in [7, 11) is 0. The molecule has 19 heavy (non-hydrogen) atoms. The lowest BCUT2D eigenvalue weighted by Gasteiger charge is -2.15. The molecule has 1 atom stereocenters. The second kappa shape index (κ2) is 8.13. The van der Waals surface area contributed by atoms with Gasteiger partial charge in [-0.15, -0.1) is 0 Å². The molecule has 0 aliphatic rings. The van der Waals surface area contributed by atoms with Crippen LogP contribution in [0.15, 0.2) is 30.3 Å². The van der Waals surface area contributed by atoms with Gasteiger partial charge in [-0.3, -0.25) is 0 Å². The van der Waals surface area contributed by atoms with Crippen LogP contribution in [0.4, 0.5) is 4.79 Å². The molecule has 0 fully saturated rings. The number of benzene rings is 1. The lowest BCUT2D eigenvalue weighted by Crippen LogP contribution is -2.41. The summed E-state index contributed by atoms with van der Waals surface area (Å²) >= 11 is 0. The highest BCUT2D eigenvalue weighted by Crippen LogP contribution is 2.12. The van der Waals surface area contributed by atoms with E-state index in [9.17, 15) is 9.59 Å². The number of hydrogen-bond acceptors (Lipinski definition) is 2. The van der Waals surface area contributed by atoms with Gasteiger partial charge >= 0.3 is 12.0 Å². The molecule has 1 aromatic carbocycles. The minimum Gasteiger partial charge on any atom is -0.479 e. The van der Waals surface area contributed by atoms with E-state index in [4.69, 9.17) is 5.11 Å². The Morgan fingerprint density at radius 2 is 1.89 bits per heavy atom. The maximum Gasteiger partial charge on any atom is 0.330 e. The second-order valence-corrected chi connectivity index (χ2v) is 4.29. The van der Waals surface area contributed by atoms with E-state index in [1.165, 1.54) is 0 Å². The highest BCUT2D eigenvalue weighted by Gasteiger charge is 2.21. The molecule has 0 aromatic heterocycles. The Bertz CT molecular complexity index is 406. The topological polar surface area (TPSA) is 78.4 Å². The molecule has 5 heteroatoms. The summed E-state index contributed by atoms with van der Waals surface area (Å²) < 4.78 is 0. The highest BCUT2D eigenvalue weighted by molar-refractivity contribution is 5.83. The van der Waals surface area contributed by atoms with Gasteiger partial charge in [0.1, 0.15) is 0 Å². The average molecular weight is 264 g/mol. The Hall–Kier alpha value is -2.04. The SMILES string of the molecule is CCCCCNC(=O)N[C@H](C(=O)O)c1ccccc1. The molecule has 3 N–H and O–H groups in total. The van der Waals surface area contributed by atoms with E-state index >= 15 is 0 Å². The first-order valence-corrected chi connectivity index (χ1v) is 6.47. The maximum absolute atomic E-state index is 11.6. The normalized spacial score (nSPS) is 11.6. The van der Waals surface area contributed by atoms with E-state index in [-0.39, 0.29) is 0 Å². The molecule has 104 valence electrons. The van der Waals surface area contributed by atoms with Crippen LogP contribution in [0.3, 0.4) is 0 Å². The smallest absolute Gasteiger partial charge is 0.330 e. The number of amides is 2. The van der Waals surface area contributed by atoms with Gasteiger partial charge in [0, 0.05) is 6.54 Å². The van der Waals surface area contributed by atoms with E-state index in [0.717, 1.165) is 19.3 Å². The summed E-state index contributed by atoms with van der Waals surface area (Å²) in [4.78, 5) is 22.8. The maximum atomic E-state index is 11.6. The van der Waals surface area contributed by atoms with Crippen molar-refractivity contribution in [1.82, 2.24) is 10.6 Å². The van der Waals surface area contributed by atoms with Crippen molar-refractivity contribution in [1.29, 1.82) is 0 Å². The molecule has 0 heterocycles. The van der Waals surface area contributed by atoms with E-state index in [0.29, 0.717) is 12.1 Å². The monoisotopic (exact) mass is 264 g/mol. The van der Waals surface area contributed by atoms with Crippen LogP contribution in [0.1, 0.15) is 37.8 Å². The standard InChI is InChI=1S/C14H20N2O3/c1-2-3-7-10-15-14(19)16-12(13(17)18)11-8-5-4-6-9-11/h4-6,8-9,12H,2-3,7,10H2,1H3,(H,17,18)(H2,15,16,19)/t12-/m0/s1. The molecule has 1 rings (SSSR count). The molecular formula is C14H20N2O3. The van der Waals surface area contributed by atoms with Crippen molar-refractivity contribution in [2.75, 3.05) is 6.54 Å². The fraction of sp³-hybridized carbons (Fsp3) is 0.429. The molecule has 0 aliphatic heterocycles. The van der Waals surface area contributed by atoms with Crippen LogP contribution in [0.25, 0.3) is 0 Å². The van der Waals surface area contributed by atoms with Crippen LogP contribution in [0, 0.1) is 0 Å². The summed E-state index contributed by atoms with van der Waals surface area (Å²) in [6.07, 6.45) is 3.01. The lowest BCUT2D eigenvalue weighted by molar-refractivity contribution is -0.139. The first-order valence-electron chi connectivity index (χ1n) is 6.47. The fourth-order valence-corrected chi connectivity index (χ4v) is 1.69. The van der Waals surface area contributed by atoms with Gasteiger partial charge in [-0.1, -0.05) is 50.1 Å². The van der Waals surface area contributed by atoms with Crippen molar-refractivity contribution in [3.8, 4) is 0 Å². The van der Waals surface area contributed by atoms with Gasteiger partial charge in [0.25, 0.3) is 0 Å². The van der Waals surface area contributed by atoms with Gasteiger partial charge in [-0.25, -0.2) is 9.59 Å².